The van der Waals surface area contributed by atoms with E-state index in [4.69, 9.17) is 0 Å². The van der Waals surface area contributed by atoms with Gasteiger partial charge >= 0.3 is 0 Å². The average molecular weight is 529 g/mol. The molecule has 0 aliphatic heterocycles. The number of aromatic nitrogens is 3. The van der Waals surface area contributed by atoms with Gasteiger partial charge in [0, 0.05) is 43.2 Å². The van der Waals surface area contributed by atoms with Crippen LogP contribution < -0.4 is 0 Å². The fourth-order valence-electron chi connectivity index (χ4n) is 4.29. The highest BCUT2D eigenvalue weighted by molar-refractivity contribution is 9.10. The van der Waals surface area contributed by atoms with E-state index in [1.165, 1.54) is 21.8 Å². The number of hydrogen-bond donors (Lipinski definition) is 0. The van der Waals surface area contributed by atoms with Gasteiger partial charge in [0.2, 0.25) is 0 Å². The number of benzene rings is 3. The Kier molecular flexibility index (Phi) is 4.40. The second kappa shape index (κ2) is 7.29. The summed E-state index contributed by atoms with van der Waals surface area (Å²) in [5.74, 6) is 0. The van der Waals surface area contributed by atoms with Crippen molar-refractivity contribution in [2.45, 2.75) is 0 Å². The second-order valence-electron chi connectivity index (χ2n) is 7.44. The molecule has 31 heavy (non-hydrogen) atoms. The van der Waals surface area contributed by atoms with Crippen LogP contribution in [-0.2, 0) is 0 Å². The average Bonchev–Trinajstić information content (AvgIpc) is 3.11. The van der Waals surface area contributed by atoms with E-state index < -0.39 is 0 Å². The fraction of sp³-hybridized carbons (Fsp3) is 0. The van der Waals surface area contributed by atoms with Crippen molar-refractivity contribution in [3.05, 3.63) is 100 Å². The van der Waals surface area contributed by atoms with Crippen LogP contribution in [-0.4, -0.2) is 14.5 Å². The van der Waals surface area contributed by atoms with Crippen LogP contribution in [0.3, 0.4) is 0 Å². The van der Waals surface area contributed by atoms with Crippen molar-refractivity contribution in [3.63, 3.8) is 0 Å². The summed E-state index contributed by atoms with van der Waals surface area (Å²) in [4.78, 5) is 8.83. The predicted octanol–water partition coefficient (Wildman–Crippen LogP) is 7.92. The summed E-state index contributed by atoms with van der Waals surface area (Å²) in [6.07, 6.45) is 3.61. The lowest BCUT2D eigenvalue weighted by molar-refractivity contribution is 1.18. The summed E-state index contributed by atoms with van der Waals surface area (Å²) in [7, 11) is 0. The SMILES string of the molecule is Brc1ccc2c3ccc(Br)cc3n(-c3cccc(-c4ccnc5ncccc45)c3)c2c1. The number of fused-ring (bicyclic) bond motifs is 4. The quantitative estimate of drug-likeness (QED) is 0.228. The Morgan fingerprint density at radius 2 is 1.32 bits per heavy atom. The maximum absolute atomic E-state index is 4.41. The largest absolute Gasteiger partial charge is 0.309 e. The van der Waals surface area contributed by atoms with Crippen molar-refractivity contribution >= 4 is 64.7 Å². The fourth-order valence-corrected chi connectivity index (χ4v) is 4.99. The van der Waals surface area contributed by atoms with Crippen LogP contribution in [0.1, 0.15) is 0 Å². The summed E-state index contributed by atoms with van der Waals surface area (Å²) in [5.41, 5.74) is 6.47. The summed E-state index contributed by atoms with van der Waals surface area (Å²) < 4.78 is 4.45. The van der Waals surface area contributed by atoms with Gasteiger partial charge in [-0.25, -0.2) is 9.97 Å². The van der Waals surface area contributed by atoms with Gasteiger partial charge in [0.25, 0.3) is 0 Å². The number of rotatable bonds is 2. The molecule has 0 bridgehead atoms. The molecule has 0 atom stereocenters. The third kappa shape index (κ3) is 3.08. The Labute approximate surface area is 195 Å². The minimum absolute atomic E-state index is 0.759. The predicted molar refractivity (Wildman–Crippen MR) is 135 cm³/mol. The third-order valence-corrected chi connectivity index (χ3v) is 6.61. The lowest BCUT2D eigenvalue weighted by Gasteiger charge is -2.11. The van der Waals surface area contributed by atoms with Crippen LogP contribution in [0.2, 0.25) is 0 Å². The highest BCUT2D eigenvalue weighted by atomic mass is 79.9. The molecular weight excluding hydrogens is 514 g/mol. The van der Waals surface area contributed by atoms with Crippen LogP contribution in [0.5, 0.6) is 0 Å². The zero-order chi connectivity index (χ0) is 20.9. The van der Waals surface area contributed by atoms with Gasteiger partial charge in [-0.15, -0.1) is 0 Å². The molecule has 5 heteroatoms. The van der Waals surface area contributed by atoms with E-state index in [2.05, 4.69) is 119 Å². The first kappa shape index (κ1) is 18.7. The summed E-state index contributed by atoms with van der Waals surface area (Å²) in [6.45, 7) is 0. The zero-order valence-electron chi connectivity index (χ0n) is 16.3. The molecular formula is C26H15Br2N3. The molecule has 3 aromatic heterocycles. The van der Waals surface area contributed by atoms with E-state index in [9.17, 15) is 0 Å². The lowest BCUT2D eigenvalue weighted by Crippen LogP contribution is -1.95. The van der Waals surface area contributed by atoms with Crippen molar-refractivity contribution in [1.82, 2.24) is 14.5 Å². The minimum Gasteiger partial charge on any atom is -0.309 e. The summed E-state index contributed by atoms with van der Waals surface area (Å²) in [6, 6.07) is 27.7. The molecule has 0 saturated heterocycles. The van der Waals surface area contributed by atoms with E-state index in [1.54, 1.807) is 6.20 Å². The number of hydrogen-bond acceptors (Lipinski definition) is 2. The first-order valence-corrected chi connectivity index (χ1v) is 11.5. The summed E-state index contributed by atoms with van der Waals surface area (Å²) in [5, 5.41) is 3.51. The Balaban J connectivity index is 1.66. The van der Waals surface area contributed by atoms with E-state index in [-0.39, 0.29) is 0 Å². The van der Waals surface area contributed by atoms with Gasteiger partial charge in [0.15, 0.2) is 5.65 Å². The smallest absolute Gasteiger partial charge is 0.159 e. The van der Waals surface area contributed by atoms with Crippen molar-refractivity contribution in [1.29, 1.82) is 0 Å². The molecule has 148 valence electrons. The Hall–Kier alpha value is -3.02. The van der Waals surface area contributed by atoms with Crippen molar-refractivity contribution in [2.75, 3.05) is 0 Å². The lowest BCUT2D eigenvalue weighted by atomic mass is 10.0. The molecule has 0 N–H and O–H groups in total. The highest BCUT2D eigenvalue weighted by Crippen LogP contribution is 2.36. The molecule has 3 heterocycles. The minimum atomic E-state index is 0.759. The van der Waals surface area contributed by atoms with Gasteiger partial charge in [0.05, 0.1) is 11.0 Å². The molecule has 0 amide bonds. The first-order chi connectivity index (χ1) is 15.2. The number of halogens is 2. The highest BCUT2D eigenvalue weighted by Gasteiger charge is 2.14. The first-order valence-electron chi connectivity index (χ1n) is 9.89. The summed E-state index contributed by atoms with van der Waals surface area (Å²) >= 11 is 7.31. The zero-order valence-corrected chi connectivity index (χ0v) is 19.4. The van der Waals surface area contributed by atoms with E-state index >= 15 is 0 Å². The maximum atomic E-state index is 4.41. The molecule has 6 aromatic rings. The van der Waals surface area contributed by atoms with Crippen LogP contribution in [0.25, 0.3) is 49.7 Å². The van der Waals surface area contributed by atoms with Crippen LogP contribution in [0.15, 0.2) is 100 Å². The Bertz CT molecular complexity index is 1550. The second-order valence-corrected chi connectivity index (χ2v) is 9.27. The van der Waals surface area contributed by atoms with Crippen molar-refractivity contribution < 1.29 is 0 Å². The third-order valence-electron chi connectivity index (χ3n) is 5.62. The van der Waals surface area contributed by atoms with Crippen LogP contribution in [0.4, 0.5) is 0 Å². The number of nitrogens with zero attached hydrogens (tertiary/aromatic N) is 3. The van der Waals surface area contributed by atoms with Crippen molar-refractivity contribution in [3.8, 4) is 16.8 Å². The molecule has 3 nitrogen and oxygen atoms in total. The molecule has 0 saturated carbocycles. The van der Waals surface area contributed by atoms with Gasteiger partial charge < -0.3 is 4.57 Å². The van der Waals surface area contributed by atoms with Crippen LogP contribution in [0, 0.1) is 0 Å². The van der Waals surface area contributed by atoms with Gasteiger partial charge in [-0.3, -0.25) is 0 Å². The van der Waals surface area contributed by atoms with Gasteiger partial charge in [-0.2, -0.15) is 0 Å². The topological polar surface area (TPSA) is 30.7 Å². The van der Waals surface area contributed by atoms with E-state index in [1.807, 2.05) is 12.3 Å². The normalized spacial score (nSPS) is 11.5. The molecule has 0 spiro atoms. The number of pyridine rings is 2. The molecule has 3 aromatic carbocycles. The Morgan fingerprint density at radius 3 is 2.06 bits per heavy atom. The molecule has 0 fully saturated rings. The van der Waals surface area contributed by atoms with E-state index in [0.717, 1.165) is 36.8 Å². The monoisotopic (exact) mass is 527 g/mol. The Morgan fingerprint density at radius 1 is 0.613 bits per heavy atom. The van der Waals surface area contributed by atoms with Gasteiger partial charge in [-0.05, 0) is 65.7 Å². The molecule has 0 radical (unpaired) electrons. The van der Waals surface area contributed by atoms with Gasteiger partial charge in [0.1, 0.15) is 0 Å². The molecule has 0 aliphatic rings. The molecule has 6 rings (SSSR count). The standard InChI is InChI=1S/C26H15Br2N3/c27-17-6-8-21-22-9-7-18(28)15-25(22)31(24(21)14-17)19-4-1-3-16(13-19)20-10-12-30-26-23(20)5-2-11-29-26/h1-15H. The van der Waals surface area contributed by atoms with Gasteiger partial charge in [-0.1, -0.05) is 56.1 Å². The van der Waals surface area contributed by atoms with Crippen molar-refractivity contribution in [2.24, 2.45) is 0 Å². The van der Waals surface area contributed by atoms with E-state index in [0.29, 0.717) is 0 Å². The maximum Gasteiger partial charge on any atom is 0.159 e. The van der Waals surface area contributed by atoms with Crippen LogP contribution >= 0.6 is 31.9 Å². The molecule has 0 aliphatic carbocycles. The molecule has 0 unspecified atom stereocenters.